The van der Waals surface area contributed by atoms with Gasteiger partial charge in [0.2, 0.25) is 0 Å². The van der Waals surface area contributed by atoms with Crippen molar-refractivity contribution in [2.24, 2.45) is 0 Å². The van der Waals surface area contributed by atoms with Crippen LogP contribution >= 0.6 is 0 Å². The summed E-state index contributed by atoms with van der Waals surface area (Å²) in [5, 5.41) is 19.4. The van der Waals surface area contributed by atoms with Crippen molar-refractivity contribution in [3.8, 4) is 11.1 Å². The Hall–Kier alpha value is -7.30. The van der Waals surface area contributed by atoms with Crippen LogP contribution in [0.25, 0.3) is 32.7 Å². The Balaban J connectivity index is 0.000000191. The van der Waals surface area contributed by atoms with E-state index < -0.39 is 0 Å². The van der Waals surface area contributed by atoms with Gasteiger partial charge in [-0.25, -0.2) is 0 Å². The molecule has 0 saturated heterocycles. The summed E-state index contributed by atoms with van der Waals surface area (Å²) < 4.78 is 0. The molecule has 0 spiro atoms. The van der Waals surface area contributed by atoms with E-state index in [4.69, 9.17) is 0 Å². The molecular weight excluding hydrogens is 861 g/mol. The van der Waals surface area contributed by atoms with E-state index in [9.17, 15) is 0 Å². The van der Waals surface area contributed by atoms with Crippen LogP contribution in [0.4, 0.5) is 45.5 Å². The maximum absolute atomic E-state index is 3.71. The lowest BCUT2D eigenvalue weighted by Crippen LogP contribution is -2.26. The Morgan fingerprint density at radius 2 is 0.592 bits per heavy atom. The van der Waals surface area contributed by atoms with Gasteiger partial charge < -0.3 is 21.3 Å². The molecule has 0 fully saturated rings. The molecule has 0 aliphatic heterocycles. The fourth-order valence-electron chi connectivity index (χ4n) is 10.7. The molecule has 10 rings (SSSR count). The molecule has 0 saturated carbocycles. The Labute approximate surface area is 424 Å². The Bertz CT molecular complexity index is 2850. The molecule has 0 bridgehead atoms. The maximum Gasteiger partial charge on any atom is 0.0390 e. The van der Waals surface area contributed by atoms with Gasteiger partial charge in [0.05, 0.1) is 0 Å². The SMILES string of the molecule is CCCCCCCCC1(CCCCCCCC)c2cc(Nc3ccccc3)ccc2-c2ccc(Nc3ccccc3)cc21.c1ccc(Nc2ccc3c(ccc4cc(Nc5ccccc5)ccc43)c2)cc1. The minimum Gasteiger partial charge on any atom is -0.356 e. The van der Waals surface area contributed by atoms with Gasteiger partial charge in [0, 0.05) is 50.9 Å². The number of benzene rings is 9. The van der Waals surface area contributed by atoms with E-state index in [0.29, 0.717) is 0 Å². The summed E-state index contributed by atoms with van der Waals surface area (Å²) in [4.78, 5) is 0. The van der Waals surface area contributed by atoms with E-state index in [-0.39, 0.29) is 5.41 Å². The standard InChI is InChI=1S/C41H52N2.C26H20N2/c1-3-5-7-9-11-19-29-41(30-20-12-10-8-6-4-2)39-31-35(42-33-21-15-13-16-22-33)25-27-37(39)38-28-26-36(32-40(38)41)43-34-23-17-14-18-24-34;1-3-7-21(8-4-1)27-23-13-15-25-19(17-23)11-12-20-18-24(14-16-26(20)25)28-22-9-5-2-6-10-22/h13-18,21-28,31-32,42-43H,3-12,19-20,29-30H2,1-2H3;1-18,27-28H. The maximum atomic E-state index is 3.71. The summed E-state index contributed by atoms with van der Waals surface area (Å²) in [5.74, 6) is 0. The molecule has 4 N–H and O–H groups in total. The van der Waals surface area contributed by atoms with Gasteiger partial charge in [-0.1, -0.05) is 200 Å². The molecule has 360 valence electrons. The zero-order valence-electron chi connectivity index (χ0n) is 42.0. The first kappa shape index (κ1) is 48.7. The first-order valence-corrected chi connectivity index (χ1v) is 26.6. The monoisotopic (exact) mass is 933 g/mol. The molecule has 0 aromatic heterocycles. The van der Waals surface area contributed by atoms with E-state index in [0.717, 1.165) is 34.1 Å². The smallest absolute Gasteiger partial charge is 0.0390 e. The second-order valence-electron chi connectivity index (χ2n) is 19.5. The third kappa shape index (κ3) is 12.5. The van der Waals surface area contributed by atoms with Gasteiger partial charge in [-0.05, 0) is 154 Å². The zero-order valence-corrected chi connectivity index (χ0v) is 42.0. The number of hydrogen-bond donors (Lipinski definition) is 4. The predicted molar refractivity (Wildman–Crippen MR) is 309 cm³/mol. The van der Waals surface area contributed by atoms with Crippen LogP contribution < -0.4 is 21.3 Å². The summed E-state index contributed by atoms with van der Waals surface area (Å²) in [6.45, 7) is 4.62. The Morgan fingerprint density at radius 1 is 0.282 bits per heavy atom. The lowest BCUT2D eigenvalue weighted by Gasteiger charge is -2.33. The molecule has 0 radical (unpaired) electrons. The van der Waals surface area contributed by atoms with Crippen LogP contribution in [-0.4, -0.2) is 0 Å². The van der Waals surface area contributed by atoms with E-state index in [1.807, 2.05) is 36.4 Å². The summed E-state index contributed by atoms with van der Waals surface area (Å²) in [6, 6.07) is 73.5. The quantitative estimate of drug-likeness (QED) is 0.0404. The Morgan fingerprint density at radius 3 is 0.944 bits per heavy atom. The van der Waals surface area contributed by atoms with Gasteiger partial charge in [-0.3, -0.25) is 0 Å². The molecule has 71 heavy (non-hydrogen) atoms. The van der Waals surface area contributed by atoms with Crippen molar-refractivity contribution in [2.75, 3.05) is 21.3 Å². The van der Waals surface area contributed by atoms with Crippen molar-refractivity contribution in [1.29, 1.82) is 0 Å². The molecule has 9 aromatic rings. The van der Waals surface area contributed by atoms with Gasteiger partial charge >= 0.3 is 0 Å². The molecular formula is C67H72N4. The summed E-state index contributed by atoms with van der Waals surface area (Å²) in [5.41, 5.74) is 15.0. The molecule has 0 unspecified atom stereocenters. The van der Waals surface area contributed by atoms with Crippen LogP contribution in [0.15, 0.2) is 206 Å². The second-order valence-corrected chi connectivity index (χ2v) is 19.5. The fourth-order valence-corrected chi connectivity index (χ4v) is 10.7. The van der Waals surface area contributed by atoms with Gasteiger partial charge in [-0.15, -0.1) is 0 Å². The van der Waals surface area contributed by atoms with Crippen LogP contribution in [0.3, 0.4) is 0 Å². The molecule has 1 aliphatic rings. The Kier molecular flexibility index (Phi) is 16.8. The minimum absolute atomic E-state index is 0.0446. The lowest BCUT2D eigenvalue weighted by atomic mass is 9.70. The molecule has 4 heteroatoms. The average Bonchev–Trinajstić information content (AvgIpc) is 3.67. The number of hydrogen-bond acceptors (Lipinski definition) is 4. The highest BCUT2D eigenvalue weighted by molar-refractivity contribution is 6.09. The van der Waals surface area contributed by atoms with Gasteiger partial charge in [0.15, 0.2) is 0 Å². The lowest BCUT2D eigenvalue weighted by molar-refractivity contribution is 0.398. The number of nitrogens with one attached hydrogen (secondary N) is 4. The van der Waals surface area contributed by atoms with Crippen LogP contribution in [0.5, 0.6) is 0 Å². The number of unbranched alkanes of at least 4 members (excludes halogenated alkanes) is 10. The molecule has 4 nitrogen and oxygen atoms in total. The molecule has 9 aromatic carbocycles. The topological polar surface area (TPSA) is 48.1 Å². The summed E-state index contributed by atoms with van der Waals surface area (Å²) in [6.07, 6.45) is 18.4. The van der Waals surface area contributed by atoms with Crippen LogP contribution in [0.1, 0.15) is 115 Å². The van der Waals surface area contributed by atoms with E-state index in [1.54, 1.807) is 0 Å². The molecule has 0 atom stereocenters. The van der Waals surface area contributed by atoms with E-state index in [2.05, 4.69) is 205 Å². The normalized spacial score (nSPS) is 12.1. The van der Waals surface area contributed by atoms with Crippen LogP contribution in [-0.2, 0) is 5.41 Å². The number of para-hydroxylation sites is 4. The van der Waals surface area contributed by atoms with E-state index >= 15 is 0 Å². The van der Waals surface area contributed by atoms with Crippen molar-refractivity contribution in [1.82, 2.24) is 0 Å². The van der Waals surface area contributed by atoms with Crippen molar-refractivity contribution in [2.45, 2.75) is 109 Å². The third-order valence-electron chi connectivity index (χ3n) is 14.4. The average molecular weight is 933 g/mol. The second kappa shape index (κ2) is 24.5. The summed E-state index contributed by atoms with van der Waals surface area (Å²) in [7, 11) is 0. The fraction of sp³-hybridized carbons (Fsp3) is 0.254. The first-order valence-electron chi connectivity index (χ1n) is 26.6. The highest BCUT2D eigenvalue weighted by Crippen LogP contribution is 2.55. The molecule has 0 amide bonds. The van der Waals surface area contributed by atoms with Crippen molar-refractivity contribution >= 4 is 67.0 Å². The van der Waals surface area contributed by atoms with Crippen LogP contribution in [0.2, 0.25) is 0 Å². The van der Waals surface area contributed by atoms with Crippen molar-refractivity contribution in [3.63, 3.8) is 0 Å². The molecule has 0 heterocycles. The highest BCUT2D eigenvalue weighted by atomic mass is 14.9. The number of rotatable bonds is 22. The summed E-state index contributed by atoms with van der Waals surface area (Å²) >= 11 is 0. The third-order valence-corrected chi connectivity index (χ3v) is 14.4. The van der Waals surface area contributed by atoms with Gasteiger partial charge in [0.25, 0.3) is 0 Å². The van der Waals surface area contributed by atoms with Gasteiger partial charge in [-0.2, -0.15) is 0 Å². The zero-order chi connectivity index (χ0) is 48.5. The van der Waals surface area contributed by atoms with Crippen molar-refractivity contribution < 1.29 is 0 Å². The minimum atomic E-state index is 0.0446. The predicted octanol–water partition coefficient (Wildman–Crippen LogP) is 20.4. The van der Waals surface area contributed by atoms with Gasteiger partial charge in [0.1, 0.15) is 0 Å². The first-order chi connectivity index (χ1) is 35.1. The van der Waals surface area contributed by atoms with Crippen molar-refractivity contribution in [3.05, 3.63) is 217 Å². The number of anilines is 8. The highest BCUT2D eigenvalue weighted by Gasteiger charge is 2.42. The van der Waals surface area contributed by atoms with Crippen LogP contribution in [0, 0.1) is 0 Å². The number of fused-ring (bicyclic) bond motifs is 6. The van der Waals surface area contributed by atoms with E-state index in [1.165, 1.54) is 145 Å². The molecule has 1 aliphatic carbocycles. The largest absolute Gasteiger partial charge is 0.356 e.